The normalized spacial score (nSPS) is 15.2. The molecule has 96 valence electrons. The molecule has 2 rings (SSSR count). The molecule has 0 saturated heterocycles. The van der Waals surface area contributed by atoms with Gasteiger partial charge in [0, 0.05) is 12.1 Å². The topological polar surface area (TPSA) is 45.0 Å². The average molecular weight is 244 g/mol. The van der Waals surface area contributed by atoms with E-state index in [1.807, 2.05) is 24.3 Å². The molecule has 3 nitrogen and oxygen atoms in total. The second kappa shape index (κ2) is 5.41. The van der Waals surface area contributed by atoms with E-state index in [-0.39, 0.29) is 12.1 Å². The van der Waals surface area contributed by atoms with Crippen molar-refractivity contribution in [1.82, 2.24) is 5.32 Å². The molecule has 1 aliphatic carbocycles. The first-order valence-electron chi connectivity index (χ1n) is 6.45. The Morgan fingerprint density at radius 1 is 1.44 bits per heavy atom. The van der Waals surface area contributed by atoms with Crippen LogP contribution in [-0.2, 0) is 6.54 Å². The predicted molar refractivity (Wildman–Crippen MR) is 71.2 cm³/mol. The van der Waals surface area contributed by atoms with Crippen molar-refractivity contribution in [3.63, 3.8) is 0 Å². The van der Waals surface area contributed by atoms with Crippen LogP contribution in [-0.4, -0.2) is 12.1 Å². The lowest BCUT2D eigenvalue weighted by molar-refractivity contribution is 0.338. The SMILES string of the molecule is CC(C)(NCc1cccc(OCC#N)c1)C1CC1. The lowest BCUT2D eigenvalue weighted by atomic mass is 9.98. The van der Waals surface area contributed by atoms with Gasteiger partial charge in [-0.3, -0.25) is 0 Å². The molecule has 1 aliphatic rings. The second-order valence-electron chi connectivity index (χ2n) is 5.44. The van der Waals surface area contributed by atoms with Crippen LogP contribution in [0.2, 0.25) is 0 Å². The van der Waals surface area contributed by atoms with Crippen molar-refractivity contribution >= 4 is 0 Å². The third-order valence-electron chi connectivity index (χ3n) is 3.55. The Bertz CT molecular complexity index is 444. The number of ether oxygens (including phenoxy) is 1. The summed E-state index contributed by atoms with van der Waals surface area (Å²) < 4.78 is 5.30. The van der Waals surface area contributed by atoms with Gasteiger partial charge in [0.15, 0.2) is 6.61 Å². The van der Waals surface area contributed by atoms with E-state index in [1.165, 1.54) is 18.4 Å². The summed E-state index contributed by atoms with van der Waals surface area (Å²) in [6, 6.07) is 9.90. The van der Waals surface area contributed by atoms with Gasteiger partial charge in [-0.25, -0.2) is 0 Å². The van der Waals surface area contributed by atoms with E-state index in [2.05, 4.69) is 25.2 Å². The van der Waals surface area contributed by atoms with E-state index in [0.717, 1.165) is 18.2 Å². The number of nitrogens with zero attached hydrogens (tertiary/aromatic N) is 1. The summed E-state index contributed by atoms with van der Waals surface area (Å²) >= 11 is 0. The molecular formula is C15H20N2O. The second-order valence-corrected chi connectivity index (χ2v) is 5.44. The number of benzene rings is 1. The highest BCUT2D eigenvalue weighted by atomic mass is 16.5. The maximum atomic E-state index is 8.49. The molecule has 0 aromatic heterocycles. The number of hydrogen-bond acceptors (Lipinski definition) is 3. The molecular weight excluding hydrogens is 224 g/mol. The minimum atomic E-state index is 0.102. The zero-order valence-electron chi connectivity index (χ0n) is 11.1. The fourth-order valence-corrected chi connectivity index (χ4v) is 2.14. The van der Waals surface area contributed by atoms with Crippen LogP contribution in [0, 0.1) is 17.2 Å². The van der Waals surface area contributed by atoms with E-state index >= 15 is 0 Å². The quantitative estimate of drug-likeness (QED) is 0.837. The van der Waals surface area contributed by atoms with Crippen LogP contribution >= 0.6 is 0 Å². The molecule has 0 atom stereocenters. The van der Waals surface area contributed by atoms with Gasteiger partial charge >= 0.3 is 0 Å². The Labute approximate surface area is 109 Å². The molecule has 0 amide bonds. The van der Waals surface area contributed by atoms with E-state index in [4.69, 9.17) is 10.00 Å². The molecule has 0 unspecified atom stereocenters. The van der Waals surface area contributed by atoms with E-state index < -0.39 is 0 Å². The molecule has 1 N–H and O–H groups in total. The number of rotatable bonds is 6. The molecule has 1 fully saturated rings. The first-order chi connectivity index (χ1) is 8.62. The van der Waals surface area contributed by atoms with Crippen molar-refractivity contribution in [2.24, 2.45) is 5.92 Å². The summed E-state index contributed by atoms with van der Waals surface area (Å²) in [4.78, 5) is 0. The van der Waals surface area contributed by atoms with Crippen LogP contribution in [0.3, 0.4) is 0 Å². The van der Waals surface area contributed by atoms with Gasteiger partial charge in [-0.15, -0.1) is 0 Å². The molecule has 3 heteroatoms. The van der Waals surface area contributed by atoms with Gasteiger partial charge < -0.3 is 10.1 Å². The summed E-state index contributed by atoms with van der Waals surface area (Å²) in [6.07, 6.45) is 2.68. The summed E-state index contributed by atoms with van der Waals surface area (Å²) in [5.74, 6) is 1.58. The minimum Gasteiger partial charge on any atom is -0.479 e. The molecule has 0 bridgehead atoms. The Balaban J connectivity index is 1.90. The van der Waals surface area contributed by atoms with Gasteiger partial charge in [0.05, 0.1) is 0 Å². The fraction of sp³-hybridized carbons (Fsp3) is 0.533. The summed E-state index contributed by atoms with van der Waals surface area (Å²) in [6.45, 7) is 5.47. The monoisotopic (exact) mass is 244 g/mol. The van der Waals surface area contributed by atoms with Crippen LogP contribution in [0.4, 0.5) is 0 Å². The fourth-order valence-electron chi connectivity index (χ4n) is 2.14. The van der Waals surface area contributed by atoms with Crippen LogP contribution in [0.25, 0.3) is 0 Å². The van der Waals surface area contributed by atoms with Crippen molar-refractivity contribution in [3.05, 3.63) is 29.8 Å². The van der Waals surface area contributed by atoms with Crippen LogP contribution < -0.4 is 10.1 Å². The highest BCUT2D eigenvalue weighted by molar-refractivity contribution is 5.28. The van der Waals surface area contributed by atoms with Crippen LogP contribution in [0.1, 0.15) is 32.3 Å². The highest BCUT2D eigenvalue weighted by Gasteiger charge is 2.37. The molecule has 0 radical (unpaired) electrons. The number of hydrogen-bond donors (Lipinski definition) is 1. The average Bonchev–Trinajstić information content (AvgIpc) is 3.19. The molecule has 1 aromatic rings. The Kier molecular flexibility index (Phi) is 3.88. The van der Waals surface area contributed by atoms with E-state index in [0.29, 0.717) is 0 Å². The summed E-state index contributed by atoms with van der Waals surface area (Å²) in [7, 11) is 0. The Morgan fingerprint density at radius 3 is 2.89 bits per heavy atom. The van der Waals surface area contributed by atoms with Crippen molar-refractivity contribution in [2.75, 3.05) is 6.61 Å². The predicted octanol–water partition coefficient (Wildman–Crippen LogP) is 2.87. The van der Waals surface area contributed by atoms with Gasteiger partial charge in [-0.1, -0.05) is 12.1 Å². The van der Waals surface area contributed by atoms with Gasteiger partial charge in [0.2, 0.25) is 0 Å². The maximum absolute atomic E-state index is 8.49. The van der Waals surface area contributed by atoms with E-state index in [1.54, 1.807) is 0 Å². The summed E-state index contributed by atoms with van der Waals surface area (Å²) in [5, 5.41) is 12.1. The molecule has 18 heavy (non-hydrogen) atoms. The first kappa shape index (κ1) is 12.9. The van der Waals surface area contributed by atoms with Crippen molar-refractivity contribution in [1.29, 1.82) is 5.26 Å². The third kappa shape index (κ3) is 3.48. The van der Waals surface area contributed by atoms with E-state index in [9.17, 15) is 0 Å². The van der Waals surface area contributed by atoms with Crippen molar-refractivity contribution in [3.8, 4) is 11.8 Å². The molecule has 0 aliphatic heterocycles. The zero-order valence-corrected chi connectivity index (χ0v) is 11.1. The first-order valence-corrected chi connectivity index (χ1v) is 6.45. The molecule has 0 spiro atoms. The largest absolute Gasteiger partial charge is 0.479 e. The van der Waals surface area contributed by atoms with Gasteiger partial charge in [-0.05, 0) is 50.3 Å². The van der Waals surface area contributed by atoms with Gasteiger partial charge in [0.25, 0.3) is 0 Å². The zero-order chi connectivity index (χ0) is 13.0. The molecule has 1 saturated carbocycles. The summed E-state index contributed by atoms with van der Waals surface area (Å²) in [5.41, 5.74) is 1.41. The Hall–Kier alpha value is -1.53. The molecule has 1 aromatic carbocycles. The van der Waals surface area contributed by atoms with Gasteiger partial charge in [0.1, 0.15) is 11.8 Å². The maximum Gasteiger partial charge on any atom is 0.174 e. The standard InChI is InChI=1S/C15H20N2O/c1-15(2,13-6-7-13)17-11-12-4-3-5-14(10-12)18-9-8-16/h3-5,10,13,17H,6-7,9,11H2,1-2H3. The minimum absolute atomic E-state index is 0.102. The van der Waals surface area contributed by atoms with Crippen LogP contribution in [0.5, 0.6) is 5.75 Å². The van der Waals surface area contributed by atoms with Crippen LogP contribution in [0.15, 0.2) is 24.3 Å². The van der Waals surface area contributed by atoms with Crippen molar-refractivity contribution < 1.29 is 4.74 Å². The van der Waals surface area contributed by atoms with Gasteiger partial charge in [-0.2, -0.15) is 5.26 Å². The Morgan fingerprint density at radius 2 is 2.22 bits per heavy atom. The lowest BCUT2D eigenvalue weighted by Crippen LogP contribution is -2.40. The lowest BCUT2D eigenvalue weighted by Gasteiger charge is -2.26. The highest BCUT2D eigenvalue weighted by Crippen LogP contribution is 2.39. The smallest absolute Gasteiger partial charge is 0.174 e. The molecule has 0 heterocycles. The number of nitriles is 1. The third-order valence-corrected chi connectivity index (χ3v) is 3.55. The number of nitrogens with one attached hydrogen (secondary N) is 1. The van der Waals surface area contributed by atoms with Crippen molar-refractivity contribution in [2.45, 2.75) is 38.8 Å².